The maximum absolute atomic E-state index is 13.0. The smallest absolute Gasteiger partial charge is 0.271 e. The van der Waals surface area contributed by atoms with Crippen molar-refractivity contribution in [3.63, 3.8) is 0 Å². The molecule has 0 spiro atoms. The highest BCUT2D eigenvalue weighted by Gasteiger charge is 2.28. The number of carbonyl (C=O) groups excluding carboxylic acids is 1. The van der Waals surface area contributed by atoms with Gasteiger partial charge in [0.25, 0.3) is 11.5 Å². The molecule has 1 aliphatic carbocycles. The average Bonchev–Trinajstić information content (AvgIpc) is 3.38. The van der Waals surface area contributed by atoms with Gasteiger partial charge in [0.1, 0.15) is 11.5 Å². The topological polar surface area (TPSA) is 90.0 Å². The molecule has 0 bridgehead atoms. The predicted molar refractivity (Wildman–Crippen MR) is 82.8 cm³/mol. The molecule has 3 rings (SSSR count). The first-order valence-electron chi connectivity index (χ1n) is 7.45. The number of halogens is 1. The van der Waals surface area contributed by atoms with E-state index in [0.717, 1.165) is 17.5 Å². The van der Waals surface area contributed by atoms with Gasteiger partial charge in [0.2, 0.25) is 0 Å². The largest absolute Gasteiger partial charge is 0.349 e. The molecule has 6 nitrogen and oxygen atoms in total. The molecule has 1 fully saturated rings. The van der Waals surface area contributed by atoms with Crippen LogP contribution in [0.1, 0.15) is 23.3 Å². The Bertz CT molecular complexity index is 768. The first-order valence-corrected chi connectivity index (χ1v) is 7.45. The normalized spacial score (nSPS) is 15.2. The number of carbonyl (C=O) groups is 1. The lowest BCUT2D eigenvalue weighted by molar-refractivity contribution is 0.0943. The van der Waals surface area contributed by atoms with E-state index in [9.17, 15) is 14.0 Å². The van der Waals surface area contributed by atoms with Crippen LogP contribution in [0.2, 0.25) is 0 Å². The molecule has 1 saturated carbocycles. The van der Waals surface area contributed by atoms with Gasteiger partial charge in [-0.3, -0.25) is 9.59 Å². The Balaban J connectivity index is 1.77. The standard InChI is InChI=1S/C16H17FN4O2/c17-11-3-5-12(6-4-11)21-15(22)8-7-14(20-21)16(23)19-9-13(18)10-1-2-10/h3-8,10,13H,1-2,9,18H2,(H,19,23). The molecule has 0 aliphatic heterocycles. The van der Waals surface area contributed by atoms with Crippen molar-refractivity contribution in [1.82, 2.24) is 15.1 Å². The molecule has 7 heteroatoms. The van der Waals surface area contributed by atoms with E-state index in [2.05, 4.69) is 10.4 Å². The Labute approximate surface area is 132 Å². The summed E-state index contributed by atoms with van der Waals surface area (Å²) in [6.07, 6.45) is 2.20. The second-order valence-corrected chi connectivity index (χ2v) is 5.66. The summed E-state index contributed by atoms with van der Waals surface area (Å²) in [7, 11) is 0. The number of benzene rings is 1. The van der Waals surface area contributed by atoms with Crippen LogP contribution < -0.4 is 16.6 Å². The highest BCUT2D eigenvalue weighted by Crippen LogP contribution is 2.31. The summed E-state index contributed by atoms with van der Waals surface area (Å²) in [5.74, 6) is -0.321. The van der Waals surface area contributed by atoms with Crippen LogP contribution in [0.5, 0.6) is 0 Å². The molecule has 2 aromatic rings. The number of nitrogens with two attached hydrogens (primary N) is 1. The molecule has 1 aromatic carbocycles. The highest BCUT2D eigenvalue weighted by molar-refractivity contribution is 5.92. The van der Waals surface area contributed by atoms with E-state index in [0.29, 0.717) is 18.2 Å². The second kappa shape index (κ2) is 6.29. The van der Waals surface area contributed by atoms with Gasteiger partial charge in [-0.05, 0) is 49.1 Å². The summed E-state index contributed by atoms with van der Waals surface area (Å²) in [6, 6.07) is 7.87. The molecule has 1 aromatic heterocycles. The van der Waals surface area contributed by atoms with E-state index in [4.69, 9.17) is 5.73 Å². The number of nitrogens with zero attached hydrogens (tertiary/aromatic N) is 2. The molecular weight excluding hydrogens is 299 g/mol. The lowest BCUT2D eigenvalue weighted by atomic mass is 10.2. The molecule has 0 saturated heterocycles. The number of rotatable bonds is 5. The fourth-order valence-electron chi connectivity index (χ4n) is 2.29. The Kier molecular flexibility index (Phi) is 4.20. The van der Waals surface area contributed by atoms with Gasteiger partial charge in [-0.15, -0.1) is 0 Å². The first kappa shape index (κ1) is 15.4. The van der Waals surface area contributed by atoms with Crippen molar-refractivity contribution in [2.24, 2.45) is 11.7 Å². The SMILES string of the molecule is NC(CNC(=O)c1ccc(=O)n(-c2ccc(F)cc2)n1)C1CC1. The number of hydrogen-bond acceptors (Lipinski definition) is 4. The third-order valence-corrected chi connectivity index (χ3v) is 3.83. The van der Waals surface area contributed by atoms with Gasteiger partial charge in [0.15, 0.2) is 0 Å². The zero-order valence-electron chi connectivity index (χ0n) is 12.4. The van der Waals surface area contributed by atoms with Crippen LogP contribution in [0.15, 0.2) is 41.2 Å². The van der Waals surface area contributed by atoms with Crippen LogP contribution in [0, 0.1) is 11.7 Å². The van der Waals surface area contributed by atoms with E-state index in [-0.39, 0.29) is 11.7 Å². The number of nitrogens with one attached hydrogen (secondary N) is 1. The highest BCUT2D eigenvalue weighted by atomic mass is 19.1. The van der Waals surface area contributed by atoms with Crippen molar-refractivity contribution in [1.29, 1.82) is 0 Å². The van der Waals surface area contributed by atoms with Crippen LogP contribution in [0.3, 0.4) is 0 Å². The maximum Gasteiger partial charge on any atom is 0.271 e. The molecule has 1 heterocycles. The summed E-state index contributed by atoms with van der Waals surface area (Å²) >= 11 is 0. The predicted octanol–water partition coefficient (Wildman–Crippen LogP) is 0.839. The lowest BCUT2D eigenvalue weighted by Gasteiger charge is -2.12. The minimum atomic E-state index is -0.412. The van der Waals surface area contributed by atoms with E-state index < -0.39 is 17.3 Å². The maximum atomic E-state index is 13.0. The second-order valence-electron chi connectivity index (χ2n) is 5.66. The molecule has 3 N–H and O–H groups in total. The average molecular weight is 316 g/mol. The number of aromatic nitrogens is 2. The van der Waals surface area contributed by atoms with E-state index in [1.165, 1.54) is 36.4 Å². The fraction of sp³-hybridized carbons (Fsp3) is 0.312. The molecule has 1 aliphatic rings. The Morgan fingerprint density at radius 3 is 2.65 bits per heavy atom. The van der Waals surface area contributed by atoms with Crippen LogP contribution in [-0.2, 0) is 0 Å². The van der Waals surface area contributed by atoms with E-state index >= 15 is 0 Å². The Morgan fingerprint density at radius 1 is 1.30 bits per heavy atom. The fourth-order valence-corrected chi connectivity index (χ4v) is 2.29. The zero-order valence-corrected chi connectivity index (χ0v) is 12.4. The van der Waals surface area contributed by atoms with Crippen LogP contribution >= 0.6 is 0 Å². The van der Waals surface area contributed by atoms with E-state index in [1.807, 2.05) is 0 Å². The third kappa shape index (κ3) is 3.62. The van der Waals surface area contributed by atoms with Crippen LogP contribution in [0.4, 0.5) is 4.39 Å². The molecule has 120 valence electrons. The molecule has 0 radical (unpaired) electrons. The first-order chi connectivity index (χ1) is 11.0. The van der Waals surface area contributed by atoms with Crippen molar-refractivity contribution in [2.45, 2.75) is 18.9 Å². The quantitative estimate of drug-likeness (QED) is 0.855. The Morgan fingerprint density at radius 2 is 2.00 bits per heavy atom. The number of hydrogen-bond donors (Lipinski definition) is 2. The summed E-state index contributed by atoms with van der Waals surface area (Å²) in [5, 5.41) is 6.76. The monoisotopic (exact) mass is 316 g/mol. The third-order valence-electron chi connectivity index (χ3n) is 3.83. The van der Waals surface area contributed by atoms with Crippen LogP contribution in [-0.4, -0.2) is 28.3 Å². The lowest BCUT2D eigenvalue weighted by Crippen LogP contribution is -2.39. The van der Waals surface area contributed by atoms with Crippen molar-refractivity contribution in [2.75, 3.05) is 6.54 Å². The summed E-state index contributed by atoms with van der Waals surface area (Å²) in [6.45, 7) is 0.376. The van der Waals surface area contributed by atoms with Gasteiger partial charge in [-0.25, -0.2) is 4.39 Å². The van der Waals surface area contributed by atoms with E-state index in [1.54, 1.807) is 0 Å². The van der Waals surface area contributed by atoms with Crippen LogP contribution in [0.25, 0.3) is 5.69 Å². The summed E-state index contributed by atoms with van der Waals surface area (Å²) in [5.41, 5.74) is 6.04. The summed E-state index contributed by atoms with van der Waals surface area (Å²) in [4.78, 5) is 24.0. The molecule has 1 atom stereocenters. The molecular formula is C16H17FN4O2. The molecule has 1 amide bonds. The van der Waals surface area contributed by atoms with Gasteiger partial charge in [-0.2, -0.15) is 9.78 Å². The van der Waals surface area contributed by atoms with Gasteiger partial charge >= 0.3 is 0 Å². The van der Waals surface area contributed by atoms with Crippen molar-refractivity contribution in [3.8, 4) is 5.69 Å². The van der Waals surface area contributed by atoms with Crippen molar-refractivity contribution >= 4 is 5.91 Å². The van der Waals surface area contributed by atoms with Crippen molar-refractivity contribution in [3.05, 3.63) is 58.3 Å². The van der Waals surface area contributed by atoms with Crippen molar-refractivity contribution < 1.29 is 9.18 Å². The summed E-state index contributed by atoms with van der Waals surface area (Å²) < 4.78 is 14.0. The van der Waals surface area contributed by atoms with Gasteiger partial charge in [-0.1, -0.05) is 0 Å². The van der Waals surface area contributed by atoms with Gasteiger partial charge in [0, 0.05) is 18.7 Å². The van der Waals surface area contributed by atoms with Gasteiger partial charge < -0.3 is 11.1 Å². The molecule has 23 heavy (non-hydrogen) atoms. The minimum absolute atomic E-state index is 0.0537. The minimum Gasteiger partial charge on any atom is -0.349 e. The van der Waals surface area contributed by atoms with Gasteiger partial charge in [0.05, 0.1) is 5.69 Å². The number of amides is 1. The Hall–Kier alpha value is -2.54. The molecule has 1 unspecified atom stereocenters. The zero-order chi connectivity index (χ0) is 16.4.